The van der Waals surface area contributed by atoms with E-state index in [9.17, 15) is 18.0 Å². The number of ether oxygens (including phenoxy) is 1. The van der Waals surface area contributed by atoms with E-state index in [1.165, 1.54) is 19.2 Å². The molecule has 0 aromatic heterocycles. The normalized spacial score (nSPS) is 12.4. The first-order chi connectivity index (χ1) is 11.8. The first kappa shape index (κ1) is 21.1. The zero-order valence-corrected chi connectivity index (χ0v) is 15.7. The maximum Gasteiger partial charge on any atom is 0.306 e. The largest absolute Gasteiger partial charge is 0.456 e. The van der Waals surface area contributed by atoms with Crippen LogP contribution < -0.4 is 10.0 Å². The molecule has 1 aromatic rings. The van der Waals surface area contributed by atoms with Gasteiger partial charge in [-0.25, -0.2) is 13.1 Å². The van der Waals surface area contributed by atoms with Crippen LogP contribution in [0.25, 0.3) is 0 Å². The van der Waals surface area contributed by atoms with Gasteiger partial charge in [-0.05, 0) is 44.5 Å². The third kappa shape index (κ3) is 7.66. The van der Waals surface area contributed by atoms with Gasteiger partial charge in [-0.1, -0.05) is 25.5 Å². The average molecular weight is 370 g/mol. The van der Waals surface area contributed by atoms with Gasteiger partial charge in [-0.3, -0.25) is 9.59 Å². The molecular weight excluding hydrogens is 344 g/mol. The second-order valence-electron chi connectivity index (χ2n) is 5.77. The van der Waals surface area contributed by atoms with Gasteiger partial charge in [-0.15, -0.1) is 0 Å². The number of amides is 1. The molecule has 0 fully saturated rings. The number of benzene rings is 1. The molecule has 0 bridgehead atoms. The summed E-state index contributed by atoms with van der Waals surface area (Å²) in [5.41, 5.74) is 0.813. The van der Waals surface area contributed by atoms with Crippen LogP contribution in [0.15, 0.2) is 29.2 Å². The molecule has 1 atom stereocenters. The van der Waals surface area contributed by atoms with Gasteiger partial charge < -0.3 is 10.1 Å². The van der Waals surface area contributed by atoms with Crippen LogP contribution in [0.4, 0.5) is 0 Å². The van der Waals surface area contributed by atoms with E-state index in [1.807, 2.05) is 13.8 Å². The van der Waals surface area contributed by atoms with E-state index in [0.717, 1.165) is 18.4 Å². The van der Waals surface area contributed by atoms with Gasteiger partial charge in [0.25, 0.3) is 5.91 Å². The highest BCUT2D eigenvalue weighted by Gasteiger charge is 2.12. The zero-order valence-electron chi connectivity index (χ0n) is 14.9. The van der Waals surface area contributed by atoms with Crippen molar-refractivity contribution in [3.8, 4) is 0 Å². The fourth-order valence-corrected chi connectivity index (χ4v) is 2.97. The summed E-state index contributed by atoms with van der Waals surface area (Å²) in [5, 5.41) is 2.76. The Balaban J connectivity index is 2.38. The lowest BCUT2D eigenvalue weighted by molar-refractivity contribution is -0.148. The number of hydrogen-bond donors (Lipinski definition) is 2. The number of esters is 1. The van der Waals surface area contributed by atoms with Crippen molar-refractivity contribution in [2.45, 2.75) is 50.5 Å². The van der Waals surface area contributed by atoms with E-state index in [1.54, 1.807) is 12.1 Å². The third-order valence-corrected chi connectivity index (χ3v) is 5.04. The molecule has 0 radical (unpaired) electrons. The number of sulfonamides is 1. The van der Waals surface area contributed by atoms with Crippen LogP contribution in [0.5, 0.6) is 0 Å². The molecule has 1 unspecified atom stereocenters. The van der Waals surface area contributed by atoms with Gasteiger partial charge in [0.15, 0.2) is 6.61 Å². The van der Waals surface area contributed by atoms with Crippen molar-refractivity contribution in [3.63, 3.8) is 0 Å². The summed E-state index contributed by atoms with van der Waals surface area (Å²) in [6, 6.07) is 6.32. The van der Waals surface area contributed by atoms with Gasteiger partial charge in [0.05, 0.1) is 4.90 Å². The maximum atomic E-state index is 11.7. The molecule has 0 saturated heterocycles. The molecule has 0 spiro atoms. The number of aryl methyl sites for hydroxylation is 1. The van der Waals surface area contributed by atoms with Crippen molar-refractivity contribution in [1.82, 2.24) is 10.0 Å². The topological polar surface area (TPSA) is 102 Å². The highest BCUT2D eigenvalue weighted by atomic mass is 32.2. The predicted molar refractivity (Wildman–Crippen MR) is 94.5 cm³/mol. The van der Waals surface area contributed by atoms with Crippen LogP contribution in [0, 0.1) is 0 Å². The Labute approximate surface area is 149 Å². The SMILES string of the molecule is CCCC(C)NC(=O)COC(=O)CCc1ccc(S(=O)(=O)NC)cc1. The van der Waals surface area contributed by atoms with E-state index in [0.29, 0.717) is 6.42 Å². The molecule has 2 N–H and O–H groups in total. The van der Waals surface area contributed by atoms with Crippen LogP contribution >= 0.6 is 0 Å². The molecule has 0 heterocycles. The third-order valence-electron chi connectivity index (χ3n) is 3.61. The molecule has 1 rings (SSSR count). The zero-order chi connectivity index (χ0) is 18.9. The monoisotopic (exact) mass is 370 g/mol. The molecule has 25 heavy (non-hydrogen) atoms. The highest BCUT2D eigenvalue weighted by molar-refractivity contribution is 7.89. The van der Waals surface area contributed by atoms with E-state index in [2.05, 4.69) is 10.0 Å². The molecule has 0 saturated carbocycles. The minimum atomic E-state index is -3.46. The molecule has 1 amide bonds. The minimum Gasteiger partial charge on any atom is -0.456 e. The van der Waals surface area contributed by atoms with E-state index >= 15 is 0 Å². The Hall–Kier alpha value is -1.93. The quantitative estimate of drug-likeness (QED) is 0.606. The van der Waals surface area contributed by atoms with Gasteiger partial charge in [0.1, 0.15) is 0 Å². The number of nitrogens with one attached hydrogen (secondary N) is 2. The first-order valence-corrected chi connectivity index (χ1v) is 9.74. The minimum absolute atomic E-state index is 0.0589. The highest BCUT2D eigenvalue weighted by Crippen LogP contribution is 2.11. The van der Waals surface area contributed by atoms with Crippen molar-refractivity contribution in [3.05, 3.63) is 29.8 Å². The van der Waals surface area contributed by atoms with E-state index in [-0.39, 0.29) is 29.9 Å². The van der Waals surface area contributed by atoms with Crippen molar-refractivity contribution in [2.75, 3.05) is 13.7 Å². The van der Waals surface area contributed by atoms with E-state index < -0.39 is 16.0 Å². The Morgan fingerprint density at radius 3 is 2.40 bits per heavy atom. The molecule has 7 nitrogen and oxygen atoms in total. The lowest BCUT2D eigenvalue weighted by atomic mass is 10.1. The van der Waals surface area contributed by atoms with Gasteiger partial charge in [0.2, 0.25) is 10.0 Å². The lowest BCUT2D eigenvalue weighted by Gasteiger charge is -2.12. The molecular formula is C17H26N2O5S. The Morgan fingerprint density at radius 1 is 1.20 bits per heavy atom. The first-order valence-electron chi connectivity index (χ1n) is 8.26. The Morgan fingerprint density at radius 2 is 1.84 bits per heavy atom. The fraction of sp³-hybridized carbons (Fsp3) is 0.529. The summed E-state index contributed by atoms with van der Waals surface area (Å²) >= 11 is 0. The number of carbonyl (C=O) groups excluding carboxylic acids is 2. The maximum absolute atomic E-state index is 11.7. The fourth-order valence-electron chi connectivity index (χ4n) is 2.24. The Kier molecular flexibility index (Phi) is 8.57. The smallest absolute Gasteiger partial charge is 0.306 e. The van der Waals surface area contributed by atoms with Crippen LogP contribution in [0.3, 0.4) is 0 Å². The van der Waals surface area contributed by atoms with Crippen LogP contribution in [-0.2, 0) is 30.8 Å². The van der Waals surface area contributed by atoms with Crippen LogP contribution in [-0.4, -0.2) is 40.0 Å². The van der Waals surface area contributed by atoms with Crippen LogP contribution in [0.1, 0.15) is 38.7 Å². The molecule has 140 valence electrons. The number of hydrogen-bond acceptors (Lipinski definition) is 5. The second kappa shape index (κ2) is 10.1. The standard InChI is InChI=1S/C17H26N2O5S/c1-4-5-13(2)19-16(20)12-24-17(21)11-8-14-6-9-15(10-7-14)25(22,23)18-3/h6-7,9-10,13,18H,4-5,8,11-12H2,1-3H3,(H,19,20). The van der Waals surface area contributed by atoms with Crippen molar-refractivity contribution in [2.24, 2.45) is 0 Å². The van der Waals surface area contributed by atoms with Crippen LogP contribution in [0.2, 0.25) is 0 Å². The summed E-state index contributed by atoms with van der Waals surface area (Å²) in [6.45, 7) is 3.65. The molecule has 1 aromatic carbocycles. The van der Waals surface area contributed by atoms with Gasteiger partial charge in [0, 0.05) is 12.5 Å². The van der Waals surface area contributed by atoms with E-state index in [4.69, 9.17) is 4.74 Å². The lowest BCUT2D eigenvalue weighted by Crippen LogP contribution is -2.35. The summed E-state index contributed by atoms with van der Waals surface area (Å²) in [6.07, 6.45) is 2.37. The number of carbonyl (C=O) groups is 2. The predicted octanol–water partition coefficient (Wildman–Crippen LogP) is 1.38. The molecule has 0 aliphatic carbocycles. The summed E-state index contributed by atoms with van der Waals surface area (Å²) in [4.78, 5) is 23.5. The molecule has 0 aliphatic heterocycles. The summed E-state index contributed by atoms with van der Waals surface area (Å²) in [5.74, 6) is -0.777. The second-order valence-corrected chi connectivity index (χ2v) is 7.66. The Bertz CT molecular complexity index is 671. The molecule has 8 heteroatoms. The summed E-state index contributed by atoms with van der Waals surface area (Å²) < 4.78 is 30.4. The van der Waals surface area contributed by atoms with Crippen molar-refractivity contribution < 1.29 is 22.7 Å². The van der Waals surface area contributed by atoms with Crippen molar-refractivity contribution >= 4 is 21.9 Å². The molecule has 0 aliphatic rings. The van der Waals surface area contributed by atoms with Crippen molar-refractivity contribution in [1.29, 1.82) is 0 Å². The summed E-state index contributed by atoms with van der Waals surface area (Å²) in [7, 11) is -2.12. The van der Waals surface area contributed by atoms with Gasteiger partial charge in [-0.2, -0.15) is 0 Å². The number of rotatable bonds is 10. The van der Waals surface area contributed by atoms with Gasteiger partial charge >= 0.3 is 5.97 Å². The average Bonchev–Trinajstić information content (AvgIpc) is 2.58.